The van der Waals surface area contributed by atoms with Crippen molar-refractivity contribution in [1.82, 2.24) is 0 Å². The van der Waals surface area contributed by atoms with E-state index in [9.17, 15) is 0 Å². The van der Waals surface area contributed by atoms with Crippen LogP contribution in [0.5, 0.6) is 0 Å². The summed E-state index contributed by atoms with van der Waals surface area (Å²) in [5, 5.41) is 0.131. The summed E-state index contributed by atoms with van der Waals surface area (Å²) in [6, 6.07) is 0. The topological polar surface area (TPSA) is 0 Å². The van der Waals surface area contributed by atoms with Crippen molar-refractivity contribution in [3.63, 3.8) is 0 Å². The van der Waals surface area contributed by atoms with E-state index < -0.39 is 0 Å². The second-order valence-corrected chi connectivity index (χ2v) is 4.44. The highest BCUT2D eigenvalue weighted by Crippen LogP contribution is 2.23. The number of hydrogen-bond donors (Lipinski definition) is 0. The molecule has 0 aromatic heterocycles. The van der Waals surface area contributed by atoms with Crippen LogP contribution >= 0.6 is 23.2 Å². The third-order valence-corrected chi connectivity index (χ3v) is 1.84. The molecule has 0 saturated heterocycles. The Balaban J connectivity index is 3.47. The molecule has 0 heterocycles. The first-order chi connectivity index (χ1) is 3.95. The second-order valence-electron chi connectivity index (χ2n) is 3.52. The molecule has 0 aliphatic carbocycles. The molecule has 0 aromatic rings. The zero-order valence-electron chi connectivity index (χ0n) is 6.25. The Morgan fingerprint density at radius 2 is 1.78 bits per heavy atom. The minimum atomic E-state index is 0.131. The second kappa shape index (κ2) is 3.68. The first-order valence-corrected chi connectivity index (χ1v) is 4.13. The van der Waals surface area contributed by atoms with Crippen LogP contribution in [0.4, 0.5) is 0 Å². The quantitative estimate of drug-likeness (QED) is 0.556. The molecule has 1 unspecified atom stereocenters. The molecule has 1 atom stereocenters. The lowest BCUT2D eigenvalue weighted by Gasteiger charge is -2.19. The summed E-state index contributed by atoms with van der Waals surface area (Å²) in [5.41, 5.74) is 0.307. The van der Waals surface area contributed by atoms with Crippen LogP contribution in [0.1, 0.15) is 27.2 Å². The summed E-state index contributed by atoms with van der Waals surface area (Å²) in [4.78, 5) is 0. The molecule has 0 N–H and O–H groups in total. The molecule has 0 aliphatic heterocycles. The zero-order valence-corrected chi connectivity index (χ0v) is 7.76. The average molecular weight is 169 g/mol. The fraction of sp³-hybridized carbons (Fsp3) is 1.00. The third kappa shape index (κ3) is 6.47. The lowest BCUT2D eigenvalue weighted by molar-refractivity contribution is 0.377. The Morgan fingerprint density at radius 1 is 1.33 bits per heavy atom. The predicted octanol–water partition coefficient (Wildman–Crippen LogP) is 3.27. The molecule has 9 heavy (non-hydrogen) atoms. The summed E-state index contributed by atoms with van der Waals surface area (Å²) in [6.45, 7) is 6.48. The van der Waals surface area contributed by atoms with Gasteiger partial charge in [-0.25, -0.2) is 0 Å². The normalized spacial score (nSPS) is 15.7. The third-order valence-electron chi connectivity index (χ3n) is 1.00. The minimum Gasteiger partial charge on any atom is -0.125 e. The molecule has 0 rings (SSSR count). The summed E-state index contributed by atoms with van der Waals surface area (Å²) >= 11 is 11.3. The number of hydrogen-bond acceptors (Lipinski definition) is 0. The Bertz CT molecular complexity index is 73.5. The van der Waals surface area contributed by atoms with E-state index in [1.807, 2.05) is 0 Å². The smallest absolute Gasteiger partial charge is 0.0476 e. The predicted molar refractivity (Wildman–Crippen MR) is 44.4 cm³/mol. The van der Waals surface area contributed by atoms with Gasteiger partial charge >= 0.3 is 0 Å². The van der Waals surface area contributed by atoms with E-state index >= 15 is 0 Å². The lowest BCUT2D eigenvalue weighted by Crippen LogP contribution is -2.13. The van der Waals surface area contributed by atoms with Crippen LogP contribution in [0.3, 0.4) is 0 Å². The van der Waals surface area contributed by atoms with Gasteiger partial charge in [0.15, 0.2) is 0 Å². The van der Waals surface area contributed by atoms with Crippen molar-refractivity contribution < 1.29 is 0 Å². The molecule has 0 fully saturated rings. The molecular formula is C7H14Cl2. The van der Waals surface area contributed by atoms with Gasteiger partial charge in [-0.3, -0.25) is 0 Å². The molecule has 0 aliphatic rings. The molecule has 0 bridgehead atoms. The Hall–Kier alpha value is 0.580. The summed E-state index contributed by atoms with van der Waals surface area (Å²) in [7, 11) is 0. The van der Waals surface area contributed by atoms with Crippen molar-refractivity contribution in [3.8, 4) is 0 Å². The SMILES string of the molecule is CC(C)(C)CC(Cl)CCl. The number of halogens is 2. The van der Waals surface area contributed by atoms with Crippen LogP contribution in [0, 0.1) is 5.41 Å². The van der Waals surface area contributed by atoms with Gasteiger partial charge in [0, 0.05) is 11.3 Å². The van der Waals surface area contributed by atoms with Crippen LogP contribution in [-0.2, 0) is 0 Å². The van der Waals surface area contributed by atoms with Crippen LogP contribution in [0.25, 0.3) is 0 Å². The first-order valence-electron chi connectivity index (χ1n) is 3.16. The van der Waals surface area contributed by atoms with Gasteiger partial charge in [0.25, 0.3) is 0 Å². The van der Waals surface area contributed by atoms with Crippen molar-refractivity contribution in [2.24, 2.45) is 5.41 Å². The van der Waals surface area contributed by atoms with E-state index in [4.69, 9.17) is 23.2 Å². The van der Waals surface area contributed by atoms with Crippen LogP contribution in [0.2, 0.25) is 0 Å². The largest absolute Gasteiger partial charge is 0.125 e. The summed E-state index contributed by atoms with van der Waals surface area (Å²) < 4.78 is 0. The van der Waals surface area contributed by atoms with E-state index in [0.29, 0.717) is 11.3 Å². The molecule has 56 valence electrons. The first kappa shape index (κ1) is 9.58. The molecule has 0 spiro atoms. The van der Waals surface area contributed by atoms with E-state index in [1.165, 1.54) is 0 Å². The molecule has 0 nitrogen and oxygen atoms in total. The lowest BCUT2D eigenvalue weighted by atomic mass is 9.91. The van der Waals surface area contributed by atoms with Gasteiger partial charge in [-0.2, -0.15) is 0 Å². The molecule has 0 saturated carbocycles. The molecule has 0 radical (unpaired) electrons. The zero-order chi connectivity index (χ0) is 7.49. The molecule has 0 aromatic carbocycles. The standard InChI is InChI=1S/C7H14Cl2/c1-7(2,3)4-6(9)5-8/h6H,4-5H2,1-3H3. The summed E-state index contributed by atoms with van der Waals surface area (Å²) in [6.07, 6.45) is 0.984. The van der Waals surface area contributed by atoms with Crippen molar-refractivity contribution in [3.05, 3.63) is 0 Å². The maximum absolute atomic E-state index is 5.82. The van der Waals surface area contributed by atoms with Crippen molar-refractivity contribution in [2.75, 3.05) is 5.88 Å². The highest BCUT2D eigenvalue weighted by atomic mass is 35.5. The Kier molecular flexibility index (Phi) is 3.91. The maximum atomic E-state index is 5.82. The summed E-state index contributed by atoms with van der Waals surface area (Å²) in [5.74, 6) is 0.554. The van der Waals surface area contributed by atoms with Crippen LogP contribution < -0.4 is 0 Å². The van der Waals surface area contributed by atoms with Crippen molar-refractivity contribution in [2.45, 2.75) is 32.6 Å². The van der Waals surface area contributed by atoms with Crippen molar-refractivity contribution >= 4 is 23.2 Å². The van der Waals surface area contributed by atoms with Crippen molar-refractivity contribution in [1.29, 1.82) is 0 Å². The van der Waals surface area contributed by atoms with Gasteiger partial charge in [0.05, 0.1) is 0 Å². The van der Waals surface area contributed by atoms with Gasteiger partial charge in [0.1, 0.15) is 0 Å². The average Bonchev–Trinajstić information content (AvgIpc) is 1.62. The molecule has 0 amide bonds. The highest BCUT2D eigenvalue weighted by Gasteiger charge is 2.15. The van der Waals surface area contributed by atoms with Gasteiger partial charge in [-0.1, -0.05) is 20.8 Å². The monoisotopic (exact) mass is 168 g/mol. The van der Waals surface area contributed by atoms with Crippen LogP contribution in [0.15, 0.2) is 0 Å². The van der Waals surface area contributed by atoms with Gasteiger partial charge in [0.2, 0.25) is 0 Å². The fourth-order valence-electron chi connectivity index (χ4n) is 0.719. The highest BCUT2D eigenvalue weighted by molar-refractivity contribution is 6.28. The van der Waals surface area contributed by atoms with Gasteiger partial charge < -0.3 is 0 Å². The fourth-order valence-corrected chi connectivity index (χ4v) is 1.29. The van der Waals surface area contributed by atoms with Crippen LogP contribution in [-0.4, -0.2) is 11.3 Å². The minimum absolute atomic E-state index is 0.131. The van der Waals surface area contributed by atoms with E-state index in [0.717, 1.165) is 6.42 Å². The van der Waals surface area contributed by atoms with E-state index in [1.54, 1.807) is 0 Å². The maximum Gasteiger partial charge on any atom is 0.0476 e. The van der Waals surface area contributed by atoms with Gasteiger partial charge in [-0.05, 0) is 11.8 Å². The number of rotatable bonds is 2. The Morgan fingerprint density at radius 3 is 1.89 bits per heavy atom. The Labute approximate surface area is 67.5 Å². The molecule has 2 heteroatoms. The number of alkyl halides is 2. The van der Waals surface area contributed by atoms with E-state index in [2.05, 4.69) is 20.8 Å². The van der Waals surface area contributed by atoms with Gasteiger partial charge in [-0.15, -0.1) is 23.2 Å². The van der Waals surface area contributed by atoms with E-state index in [-0.39, 0.29) is 5.38 Å². The molecular weight excluding hydrogens is 155 g/mol.